The first kappa shape index (κ1) is 11.6. The van der Waals surface area contributed by atoms with E-state index in [4.69, 9.17) is 5.26 Å². The van der Waals surface area contributed by atoms with Crippen molar-refractivity contribution in [3.63, 3.8) is 0 Å². The third-order valence-electron chi connectivity index (χ3n) is 2.91. The molecule has 1 aromatic heterocycles. The van der Waals surface area contributed by atoms with E-state index in [1.165, 1.54) is 0 Å². The number of amides is 1. The van der Waals surface area contributed by atoms with Crippen molar-refractivity contribution in [1.29, 1.82) is 5.26 Å². The summed E-state index contributed by atoms with van der Waals surface area (Å²) < 4.78 is 1.05. The molecule has 0 unspecified atom stereocenters. The molecule has 2 rings (SSSR count). The number of hydrogen-bond acceptors (Lipinski definition) is 3. The third kappa shape index (κ3) is 2.13. The number of carbonyl (C=O) groups excluding carboxylic acids is 1. The minimum atomic E-state index is -0.742. The van der Waals surface area contributed by atoms with Gasteiger partial charge in [0.2, 0.25) is 5.91 Å². The number of rotatable bonds is 3. The van der Waals surface area contributed by atoms with E-state index in [0.29, 0.717) is 19.4 Å². The quantitative estimate of drug-likeness (QED) is 0.933. The van der Waals surface area contributed by atoms with Crippen LogP contribution in [0.1, 0.15) is 24.1 Å². The molecule has 1 aliphatic carbocycles. The summed E-state index contributed by atoms with van der Waals surface area (Å²) in [6, 6.07) is 6.06. The van der Waals surface area contributed by atoms with Crippen molar-refractivity contribution in [2.45, 2.75) is 25.8 Å². The first-order valence-corrected chi connectivity index (χ1v) is 6.71. The van der Waals surface area contributed by atoms with E-state index in [-0.39, 0.29) is 5.91 Å². The Morgan fingerprint density at radius 1 is 1.62 bits per heavy atom. The molecule has 0 atom stereocenters. The van der Waals surface area contributed by atoms with Crippen molar-refractivity contribution in [2.24, 2.45) is 5.41 Å². The van der Waals surface area contributed by atoms with Gasteiger partial charge in [0.05, 0.1) is 16.4 Å². The van der Waals surface area contributed by atoms with Crippen LogP contribution in [0.15, 0.2) is 15.9 Å². The fourth-order valence-corrected chi connectivity index (χ4v) is 3.13. The van der Waals surface area contributed by atoms with Gasteiger partial charge in [-0.3, -0.25) is 4.79 Å². The summed E-state index contributed by atoms with van der Waals surface area (Å²) in [5.74, 6) is -0.120. The number of hydrogen-bond donors (Lipinski definition) is 1. The van der Waals surface area contributed by atoms with Gasteiger partial charge in [0.25, 0.3) is 0 Å². The lowest BCUT2D eigenvalue weighted by atomic mass is 9.69. The Balaban J connectivity index is 1.91. The fourth-order valence-electron chi connectivity index (χ4n) is 1.70. The molecule has 1 amide bonds. The van der Waals surface area contributed by atoms with Crippen LogP contribution in [0.25, 0.3) is 0 Å². The molecule has 0 radical (unpaired) electrons. The zero-order valence-electron chi connectivity index (χ0n) is 8.62. The molecule has 0 bridgehead atoms. The molecule has 0 spiro atoms. The van der Waals surface area contributed by atoms with Crippen molar-refractivity contribution in [2.75, 3.05) is 0 Å². The molecule has 1 N–H and O–H groups in total. The van der Waals surface area contributed by atoms with Crippen molar-refractivity contribution < 1.29 is 4.79 Å². The van der Waals surface area contributed by atoms with E-state index in [2.05, 4.69) is 27.3 Å². The lowest BCUT2D eigenvalue weighted by Crippen LogP contribution is -2.44. The van der Waals surface area contributed by atoms with Crippen molar-refractivity contribution in [3.05, 3.63) is 20.8 Å². The summed E-state index contributed by atoms with van der Waals surface area (Å²) in [5.41, 5.74) is -0.742. The average molecular weight is 299 g/mol. The smallest absolute Gasteiger partial charge is 0.240 e. The molecule has 1 aliphatic rings. The predicted octanol–water partition coefficient (Wildman–Crippen LogP) is 2.82. The standard InChI is InChI=1S/C11H11BrN2OS/c12-9-3-2-8(16-9)6-14-10(15)11(7-13)4-1-5-11/h2-3H,1,4-6H2,(H,14,15). The Kier molecular flexibility index (Phi) is 3.31. The molecule has 1 fully saturated rings. The first-order valence-electron chi connectivity index (χ1n) is 5.10. The average Bonchev–Trinajstić information content (AvgIpc) is 2.60. The maximum atomic E-state index is 11.8. The van der Waals surface area contributed by atoms with E-state index >= 15 is 0 Å². The van der Waals surface area contributed by atoms with E-state index in [9.17, 15) is 4.79 Å². The number of halogens is 1. The molecule has 0 aliphatic heterocycles. The van der Waals surface area contributed by atoms with Crippen LogP contribution < -0.4 is 5.32 Å². The summed E-state index contributed by atoms with van der Waals surface area (Å²) in [6.45, 7) is 0.512. The molecule has 1 aromatic rings. The SMILES string of the molecule is N#CC1(C(=O)NCc2ccc(Br)s2)CCC1. The Morgan fingerprint density at radius 2 is 2.38 bits per heavy atom. The van der Waals surface area contributed by atoms with E-state index in [1.807, 2.05) is 12.1 Å². The summed E-state index contributed by atoms with van der Waals surface area (Å²) in [4.78, 5) is 12.9. The summed E-state index contributed by atoms with van der Waals surface area (Å²) in [6.07, 6.45) is 2.37. The van der Waals surface area contributed by atoms with Crippen molar-refractivity contribution >= 4 is 33.2 Å². The van der Waals surface area contributed by atoms with Crippen molar-refractivity contribution in [3.8, 4) is 6.07 Å². The number of carbonyl (C=O) groups is 1. The van der Waals surface area contributed by atoms with Crippen LogP contribution in [0.4, 0.5) is 0 Å². The molecular weight excluding hydrogens is 288 g/mol. The highest BCUT2D eigenvalue weighted by molar-refractivity contribution is 9.11. The van der Waals surface area contributed by atoms with Gasteiger partial charge in [-0.2, -0.15) is 5.26 Å². The van der Waals surface area contributed by atoms with Crippen molar-refractivity contribution in [1.82, 2.24) is 5.32 Å². The Hall–Kier alpha value is -0.860. The fraction of sp³-hybridized carbons (Fsp3) is 0.455. The van der Waals surface area contributed by atoms with Gasteiger partial charge in [0, 0.05) is 4.88 Å². The van der Waals surface area contributed by atoms with Gasteiger partial charge in [-0.25, -0.2) is 0 Å². The monoisotopic (exact) mass is 298 g/mol. The van der Waals surface area contributed by atoms with Crippen LogP contribution in [0.5, 0.6) is 0 Å². The van der Waals surface area contributed by atoms with Crippen LogP contribution in [-0.4, -0.2) is 5.91 Å². The van der Waals surface area contributed by atoms with Gasteiger partial charge in [-0.15, -0.1) is 11.3 Å². The zero-order chi connectivity index (χ0) is 11.6. The zero-order valence-corrected chi connectivity index (χ0v) is 11.0. The molecule has 16 heavy (non-hydrogen) atoms. The van der Waals surface area contributed by atoms with Gasteiger partial charge in [0.15, 0.2) is 0 Å². The maximum absolute atomic E-state index is 11.8. The number of nitrogens with zero attached hydrogens (tertiary/aromatic N) is 1. The normalized spacial score (nSPS) is 17.2. The highest BCUT2D eigenvalue weighted by Crippen LogP contribution is 2.40. The highest BCUT2D eigenvalue weighted by Gasteiger charge is 2.44. The van der Waals surface area contributed by atoms with Crippen LogP contribution in [0.3, 0.4) is 0 Å². The molecule has 3 nitrogen and oxygen atoms in total. The van der Waals surface area contributed by atoms with Crippen LogP contribution in [0, 0.1) is 16.7 Å². The van der Waals surface area contributed by atoms with Crippen LogP contribution >= 0.6 is 27.3 Å². The molecule has 1 saturated carbocycles. The number of thiophene rings is 1. The van der Waals surface area contributed by atoms with Crippen LogP contribution in [-0.2, 0) is 11.3 Å². The molecule has 0 saturated heterocycles. The second-order valence-electron chi connectivity index (χ2n) is 3.94. The van der Waals surface area contributed by atoms with E-state index < -0.39 is 5.41 Å². The largest absolute Gasteiger partial charge is 0.350 e. The number of nitrogens with one attached hydrogen (secondary N) is 1. The third-order valence-corrected chi connectivity index (χ3v) is 4.53. The topological polar surface area (TPSA) is 52.9 Å². The lowest BCUT2D eigenvalue weighted by molar-refractivity contribution is -0.131. The van der Waals surface area contributed by atoms with Gasteiger partial charge >= 0.3 is 0 Å². The Labute approximate surface area is 107 Å². The highest BCUT2D eigenvalue weighted by atomic mass is 79.9. The summed E-state index contributed by atoms with van der Waals surface area (Å²) in [7, 11) is 0. The second kappa shape index (κ2) is 4.56. The number of nitriles is 1. The molecule has 0 aromatic carbocycles. The molecule has 84 valence electrons. The van der Waals surface area contributed by atoms with E-state index in [1.54, 1.807) is 11.3 Å². The minimum absolute atomic E-state index is 0.120. The Bertz CT molecular complexity index is 445. The van der Waals surface area contributed by atoms with Gasteiger partial charge in [-0.1, -0.05) is 0 Å². The second-order valence-corrected chi connectivity index (χ2v) is 6.48. The first-order chi connectivity index (χ1) is 7.66. The maximum Gasteiger partial charge on any atom is 0.240 e. The van der Waals surface area contributed by atoms with Gasteiger partial charge < -0.3 is 5.32 Å². The minimum Gasteiger partial charge on any atom is -0.350 e. The van der Waals surface area contributed by atoms with Gasteiger partial charge in [-0.05, 0) is 47.3 Å². The molecule has 1 heterocycles. The summed E-state index contributed by atoms with van der Waals surface area (Å²) >= 11 is 4.96. The lowest BCUT2D eigenvalue weighted by Gasteiger charge is -2.33. The van der Waals surface area contributed by atoms with Crippen LogP contribution in [0.2, 0.25) is 0 Å². The molecular formula is C11H11BrN2OS. The predicted molar refractivity (Wildman–Crippen MR) is 65.8 cm³/mol. The summed E-state index contributed by atoms with van der Waals surface area (Å²) in [5, 5.41) is 11.8. The van der Waals surface area contributed by atoms with E-state index in [0.717, 1.165) is 15.1 Å². The molecule has 5 heteroatoms. The Morgan fingerprint density at radius 3 is 2.81 bits per heavy atom. The van der Waals surface area contributed by atoms with Gasteiger partial charge in [0.1, 0.15) is 5.41 Å².